The summed E-state index contributed by atoms with van der Waals surface area (Å²) < 4.78 is 30.7. The van der Waals surface area contributed by atoms with Crippen LogP contribution in [0.25, 0.3) is 10.9 Å². The quantitative estimate of drug-likeness (QED) is 0.689. The molecule has 1 aliphatic rings. The Morgan fingerprint density at radius 1 is 1.00 bits per heavy atom. The minimum Gasteiger partial charge on any atom is -0.347 e. The molecule has 0 amide bonds. The smallest absolute Gasteiger partial charge is 0.243 e. The topological polar surface area (TPSA) is 42.3 Å². The summed E-state index contributed by atoms with van der Waals surface area (Å²) in [6.07, 6.45) is 0.740. The summed E-state index contributed by atoms with van der Waals surface area (Å²) in [4.78, 5) is 0.465. The lowest BCUT2D eigenvalue weighted by atomic mass is 10.1. The van der Waals surface area contributed by atoms with Crippen LogP contribution in [0.2, 0.25) is 0 Å². The van der Waals surface area contributed by atoms with Crippen LogP contribution in [-0.2, 0) is 30.0 Å². The summed E-state index contributed by atoms with van der Waals surface area (Å²) >= 11 is 0. The van der Waals surface area contributed by atoms with Crippen LogP contribution in [0.15, 0.2) is 41.3 Å². The molecule has 4 nitrogen and oxygen atoms in total. The molecule has 0 N–H and O–H groups in total. The number of fused-ring (bicyclic) bond motifs is 3. The molecule has 0 atom stereocenters. The second kappa shape index (κ2) is 5.96. The van der Waals surface area contributed by atoms with Gasteiger partial charge in [-0.2, -0.15) is 4.31 Å². The van der Waals surface area contributed by atoms with Gasteiger partial charge in [0.2, 0.25) is 10.0 Å². The van der Waals surface area contributed by atoms with Crippen molar-refractivity contribution in [1.82, 2.24) is 8.87 Å². The lowest BCUT2D eigenvalue weighted by Crippen LogP contribution is -2.36. The van der Waals surface area contributed by atoms with Gasteiger partial charge in [0.25, 0.3) is 0 Å². The maximum absolute atomic E-state index is 13.4. The van der Waals surface area contributed by atoms with Gasteiger partial charge in [-0.05, 0) is 43.5 Å². The maximum Gasteiger partial charge on any atom is 0.243 e. The Morgan fingerprint density at radius 2 is 1.65 bits per heavy atom. The number of hydrogen-bond donors (Lipinski definition) is 0. The number of hydrogen-bond acceptors (Lipinski definition) is 2. The first kappa shape index (κ1) is 17.3. The van der Waals surface area contributed by atoms with E-state index in [1.54, 1.807) is 4.31 Å². The van der Waals surface area contributed by atoms with Gasteiger partial charge >= 0.3 is 0 Å². The molecule has 0 radical (unpaired) electrons. The van der Waals surface area contributed by atoms with E-state index in [0.29, 0.717) is 18.0 Å². The highest BCUT2D eigenvalue weighted by Crippen LogP contribution is 2.33. The fourth-order valence-corrected chi connectivity index (χ4v) is 6.23. The molecule has 0 bridgehead atoms. The number of nitrogens with zero attached hydrogens (tertiary/aromatic N) is 2. The standard InChI is InChI=1S/C21H24N2O2S/c1-14-11-15(2)21(16(3)12-14)26(24,25)23-10-9-20-18(13-23)17-7-5-6-8-19(17)22(20)4/h5-8,11-12H,9-10,13H2,1-4H3. The number of benzene rings is 2. The van der Waals surface area contributed by atoms with Crippen LogP contribution in [0.4, 0.5) is 0 Å². The monoisotopic (exact) mass is 368 g/mol. The van der Waals surface area contributed by atoms with Crippen LogP contribution in [0.3, 0.4) is 0 Å². The van der Waals surface area contributed by atoms with Crippen molar-refractivity contribution in [2.45, 2.75) is 38.6 Å². The predicted octanol–water partition coefficient (Wildman–Crippen LogP) is 3.85. The van der Waals surface area contributed by atoms with E-state index < -0.39 is 10.0 Å². The van der Waals surface area contributed by atoms with Crippen molar-refractivity contribution in [3.05, 3.63) is 64.3 Å². The molecule has 3 aromatic rings. The molecule has 2 heterocycles. The van der Waals surface area contributed by atoms with Crippen molar-refractivity contribution < 1.29 is 8.42 Å². The highest BCUT2D eigenvalue weighted by Gasteiger charge is 2.32. The van der Waals surface area contributed by atoms with Gasteiger partial charge in [-0.25, -0.2) is 8.42 Å². The average Bonchev–Trinajstić information content (AvgIpc) is 2.86. The summed E-state index contributed by atoms with van der Waals surface area (Å²) in [6, 6.07) is 12.1. The van der Waals surface area contributed by atoms with Crippen molar-refractivity contribution in [2.75, 3.05) is 6.54 Å². The van der Waals surface area contributed by atoms with Crippen molar-refractivity contribution in [3.63, 3.8) is 0 Å². The first-order valence-electron chi connectivity index (χ1n) is 8.94. The van der Waals surface area contributed by atoms with Crippen LogP contribution in [0.1, 0.15) is 27.9 Å². The Balaban J connectivity index is 1.81. The van der Waals surface area contributed by atoms with Gasteiger partial charge in [-0.15, -0.1) is 0 Å². The Hall–Kier alpha value is -2.11. The van der Waals surface area contributed by atoms with Gasteiger partial charge in [0.05, 0.1) is 4.90 Å². The van der Waals surface area contributed by atoms with Crippen molar-refractivity contribution in [3.8, 4) is 0 Å². The van der Waals surface area contributed by atoms with E-state index in [1.165, 1.54) is 11.2 Å². The summed E-state index contributed by atoms with van der Waals surface area (Å²) in [5.74, 6) is 0. The molecule has 1 aliphatic heterocycles. The minimum absolute atomic E-state index is 0.436. The van der Waals surface area contributed by atoms with E-state index in [0.717, 1.165) is 34.1 Å². The molecule has 0 unspecified atom stereocenters. The molecule has 0 saturated carbocycles. The lowest BCUT2D eigenvalue weighted by molar-refractivity contribution is 0.387. The molecule has 26 heavy (non-hydrogen) atoms. The maximum atomic E-state index is 13.4. The molecule has 0 spiro atoms. The summed E-state index contributed by atoms with van der Waals surface area (Å²) in [5.41, 5.74) is 6.29. The highest BCUT2D eigenvalue weighted by atomic mass is 32.2. The number of para-hydroxylation sites is 1. The van der Waals surface area contributed by atoms with Crippen LogP contribution >= 0.6 is 0 Å². The van der Waals surface area contributed by atoms with Crippen molar-refractivity contribution in [2.24, 2.45) is 7.05 Å². The minimum atomic E-state index is -3.52. The second-order valence-corrected chi connectivity index (χ2v) is 9.19. The number of aromatic nitrogens is 1. The van der Waals surface area contributed by atoms with E-state index in [4.69, 9.17) is 0 Å². The van der Waals surface area contributed by atoms with E-state index >= 15 is 0 Å². The fraction of sp³-hybridized carbons (Fsp3) is 0.333. The zero-order chi connectivity index (χ0) is 18.6. The fourth-order valence-electron chi connectivity index (χ4n) is 4.41. The summed E-state index contributed by atoms with van der Waals surface area (Å²) in [7, 11) is -1.45. The first-order chi connectivity index (χ1) is 12.3. The van der Waals surface area contributed by atoms with Crippen molar-refractivity contribution in [1.29, 1.82) is 0 Å². The zero-order valence-electron chi connectivity index (χ0n) is 15.7. The van der Waals surface area contributed by atoms with Crippen molar-refractivity contribution >= 4 is 20.9 Å². The van der Waals surface area contributed by atoms with Crippen LogP contribution in [0, 0.1) is 20.8 Å². The van der Waals surface area contributed by atoms with Gasteiger partial charge in [0, 0.05) is 43.2 Å². The highest BCUT2D eigenvalue weighted by molar-refractivity contribution is 7.89. The van der Waals surface area contributed by atoms with E-state index in [-0.39, 0.29) is 0 Å². The largest absolute Gasteiger partial charge is 0.347 e. The first-order valence-corrected chi connectivity index (χ1v) is 10.4. The Kier molecular flexibility index (Phi) is 3.97. The third kappa shape index (κ3) is 2.49. The SMILES string of the molecule is Cc1cc(C)c(S(=O)(=O)N2CCc3c(c4ccccc4n3C)C2)c(C)c1. The third-order valence-corrected chi connectivity index (χ3v) is 7.63. The molecule has 4 rings (SSSR count). The van der Waals surface area contributed by atoms with Gasteiger partial charge in [0.1, 0.15) is 0 Å². The summed E-state index contributed by atoms with van der Waals surface area (Å²) in [6.45, 7) is 6.73. The lowest BCUT2D eigenvalue weighted by Gasteiger charge is -2.28. The molecular formula is C21H24N2O2S. The van der Waals surface area contributed by atoms with Crippen LogP contribution in [-0.4, -0.2) is 23.8 Å². The molecule has 0 saturated heterocycles. The molecule has 0 aliphatic carbocycles. The number of sulfonamides is 1. The average molecular weight is 369 g/mol. The van der Waals surface area contributed by atoms with E-state index in [2.05, 4.69) is 23.7 Å². The van der Waals surface area contributed by atoms with Gasteiger partial charge in [-0.3, -0.25) is 0 Å². The predicted molar refractivity (Wildman–Crippen MR) is 105 cm³/mol. The Bertz CT molecular complexity index is 1100. The zero-order valence-corrected chi connectivity index (χ0v) is 16.5. The van der Waals surface area contributed by atoms with Crippen LogP contribution in [0.5, 0.6) is 0 Å². The summed E-state index contributed by atoms with van der Waals surface area (Å²) in [5, 5.41) is 1.15. The molecule has 136 valence electrons. The molecule has 2 aromatic carbocycles. The normalized spacial score (nSPS) is 15.4. The number of rotatable bonds is 2. The Labute approximate surface area is 155 Å². The third-order valence-electron chi connectivity index (χ3n) is 5.48. The van der Waals surface area contributed by atoms with Gasteiger partial charge < -0.3 is 4.57 Å². The molecule has 5 heteroatoms. The Morgan fingerprint density at radius 3 is 2.35 bits per heavy atom. The van der Waals surface area contributed by atoms with Crippen LogP contribution < -0.4 is 0 Å². The van der Waals surface area contributed by atoms with Gasteiger partial charge in [-0.1, -0.05) is 35.9 Å². The van der Waals surface area contributed by atoms with E-state index in [9.17, 15) is 8.42 Å². The molecule has 1 aromatic heterocycles. The van der Waals surface area contributed by atoms with E-state index in [1.807, 2.05) is 45.0 Å². The van der Waals surface area contributed by atoms with Gasteiger partial charge in [0.15, 0.2) is 0 Å². The molecule has 0 fully saturated rings. The second-order valence-electron chi connectivity index (χ2n) is 7.32. The number of aryl methyl sites for hydroxylation is 4. The molecular weight excluding hydrogens is 344 g/mol.